The Morgan fingerprint density at radius 2 is 1.92 bits per heavy atom. The number of rotatable bonds is 3. The number of halogens is 3. The second kappa shape index (κ2) is 6.14. The number of hydrogen-bond donors (Lipinski definition) is 2. The molecule has 2 N–H and O–H groups in total. The molecular weight excluding hydrogens is 345 g/mol. The summed E-state index contributed by atoms with van der Waals surface area (Å²) in [4.78, 5) is 12.3. The molecule has 1 amide bonds. The number of nitrogens with one attached hydrogen (secondary N) is 2. The van der Waals surface area contributed by atoms with Crippen LogP contribution in [0.2, 0.25) is 0 Å². The molecule has 8 heteroatoms. The maximum absolute atomic E-state index is 13.5. The zero-order chi connectivity index (χ0) is 18.3. The first kappa shape index (κ1) is 16.1. The van der Waals surface area contributed by atoms with E-state index in [0.717, 1.165) is 22.9 Å². The van der Waals surface area contributed by atoms with Crippen molar-refractivity contribution in [2.45, 2.75) is 6.42 Å². The van der Waals surface area contributed by atoms with Gasteiger partial charge < -0.3 is 0 Å². The number of H-pyrrole nitrogens is 1. The van der Waals surface area contributed by atoms with Crippen molar-refractivity contribution in [2.75, 3.05) is 0 Å². The van der Waals surface area contributed by atoms with Gasteiger partial charge in [-0.3, -0.25) is 9.89 Å². The van der Waals surface area contributed by atoms with Crippen LogP contribution in [0.25, 0.3) is 11.3 Å². The van der Waals surface area contributed by atoms with Gasteiger partial charge in [-0.15, -0.1) is 0 Å². The lowest BCUT2D eigenvalue weighted by Crippen LogP contribution is -2.19. The Morgan fingerprint density at radius 1 is 1.19 bits per heavy atom. The summed E-state index contributed by atoms with van der Waals surface area (Å²) in [6.07, 6.45) is 1.34. The Morgan fingerprint density at radius 3 is 2.69 bits per heavy atom. The van der Waals surface area contributed by atoms with Crippen molar-refractivity contribution in [1.82, 2.24) is 15.6 Å². The summed E-state index contributed by atoms with van der Waals surface area (Å²) in [5.41, 5.74) is 5.33. The van der Waals surface area contributed by atoms with E-state index in [2.05, 4.69) is 20.7 Å². The van der Waals surface area contributed by atoms with Gasteiger partial charge in [-0.2, -0.15) is 10.2 Å². The number of nitrogens with zero attached hydrogens (tertiary/aromatic N) is 2. The molecule has 1 heterocycles. The fourth-order valence-corrected chi connectivity index (χ4v) is 2.93. The van der Waals surface area contributed by atoms with E-state index < -0.39 is 28.9 Å². The normalized spacial score (nSPS) is 12.3. The Balaban J connectivity index is 1.53. The van der Waals surface area contributed by atoms with Gasteiger partial charge in [-0.05, 0) is 5.56 Å². The lowest BCUT2D eigenvalue weighted by molar-refractivity contribution is 0.0949. The van der Waals surface area contributed by atoms with Crippen molar-refractivity contribution >= 4 is 12.1 Å². The van der Waals surface area contributed by atoms with Crippen LogP contribution >= 0.6 is 0 Å². The highest BCUT2D eigenvalue weighted by atomic mass is 19.1. The Kier molecular flexibility index (Phi) is 3.80. The minimum Gasteiger partial charge on any atom is -0.272 e. The summed E-state index contributed by atoms with van der Waals surface area (Å²) >= 11 is 0. The molecule has 0 spiro atoms. The van der Waals surface area contributed by atoms with Crippen LogP contribution < -0.4 is 5.43 Å². The van der Waals surface area contributed by atoms with E-state index in [0.29, 0.717) is 24.2 Å². The summed E-state index contributed by atoms with van der Waals surface area (Å²) < 4.78 is 40.0. The minimum atomic E-state index is -1.11. The smallest absolute Gasteiger partial charge is 0.272 e. The van der Waals surface area contributed by atoms with E-state index in [1.165, 1.54) is 0 Å². The van der Waals surface area contributed by atoms with E-state index in [4.69, 9.17) is 0 Å². The van der Waals surface area contributed by atoms with Crippen LogP contribution in [0.5, 0.6) is 0 Å². The monoisotopic (exact) mass is 356 g/mol. The van der Waals surface area contributed by atoms with Gasteiger partial charge in [0.05, 0.1) is 17.5 Å². The molecule has 0 saturated carbocycles. The van der Waals surface area contributed by atoms with Gasteiger partial charge in [0.25, 0.3) is 5.91 Å². The number of carbonyl (C=O) groups is 1. The molecule has 26 heavy (non-hydrogen) atoms. The van der Waals surface area contributed by atoms with E-state index in [1.54, 1.807) is 0 Å². The first-order chi connectivity index (χ1) is 12.5. The SMILES string of the molecule is O=C(N/N=C/c1c(F)cc(F)cc1F)c1[nH]nc2c1Cc1ccccc1-2. The standard InChI is InChI=1S/C18H11F3N4O/c19-10-6-14(20)13(15(21)7-10)8-22-25-18(26)17-12-5-9-3-1-2-4-11(9)16(12)23-24-17/h1-4,6-8H,5H2,(H,23,24)(H,25,26)/b22-8+. The van der Waals surface area contributed by atoms with Gasteiger partial charge in [0.15, 0.2) is 0 Å². The summed E-state index contributed by atoms with van der Waals surface area (Å²) in [6.45, 7) is 0. The Labute approximate surface area is 145 Å². The van der Waals surface area contributed by atoms with Crippen molar-refractivity contribution in [3.8, 4) is 11.3 Å². The van der Waals surface area contributed by atoms with E-state index in [-0.39, 0.29) is 5.69 Å². The van der Waals surface area contributed by atoms with Crippen molar-refractivity contribution in [3.05, 3.63) is 76.2 Å². The van der Waals surface area contributed by atoms with Gasteiger partial charge in [-0.1, -0.05) is 24.3 Å². The predicted molar refractivity (Wildman–Crippen MR) is 88.2 cm³/mol. The summed E-state index contributed by atoms with van der Waals surface area (Å²) in [6, 6.07) is 8.73. The molecule has 0 atom stereocenters. The number of amides is 1. The maximum atomic E-state index is 13.5. The zero-order valence-electron chi connectivity index (χ0n) is 13.2. The summed E-state index contributed by atoms with van der Waals surface area (Å²) in [7, 11) is 0. The van der Waals surface area contributed by atoms with Crippen molar-refractivity contribution in [2.24, 2.45) is 5.10 Å². The third-order valence-corrected chi connectivity index (χ3v) is 4.14. The van der Waals surface area contributed by atoms with Crippen LogP contribution in [0, 0.1) is 17.5 Å². The summed E-state index contributed by atoms with van der Waals surface area (Å²) in [5, 5.41) is 10.4. The quantitative estimate of drug-likeness (QED) is 0.437. The molecule has 1 aliphatic carbocycles. The number of aromatic amines is 1. The third kappa shape index (κ3) is 2.65. The number of aromatic nitrogens is 2. The Bertz CT molecular complexity index is 1040. The number of hydrazone groups is 1. The number of carbonyl (C=O) groups excluding carboxylic acids is 1. The molecular formula is C18H11F3N4O. The fraction of sp³-hybridized carbons (Fsp3) is 0.0556. The molecule has 3 aromatic rings. The number of hydrogen-bond acceptors (Lipinski definition) is 3. The van der Waals surface area contributed by atoms with Gasteiger partial charge >= 0.3 is 0 Å². The molecule has 0 saturated heterocycles. The molecule has 0 radical (unpaired) electrons. The molecule has 1 aliphatic rings. The van der Waals surface area contributed by atoms with Crippen LogP contribution in [0.15, 0.2) is 41.5 Å². The van der Waals surface area contributed by atoms with Crippen molar-refractivity contribution in [3.63, 3.8) is 0 Å². The highest BCUT2D eigenvalue weighted by molar-refractivity contribution is 5.97. The van der Waals surface area contributed by atoms with E-state index in [1.807, 2.05) is 24.3 Å². The van der Waals surface area contributed by atoms with Crippen molar-refractivity contribution < 1.29 is 18.0 Å². The molecule has 0 bridgehead atoms. The second-order valence-electron chi connectivity index (χ2n) is 5.74. The van der Waals surface area contributed by atoms with Gasteiger partial charge in [-0.25, -0.2) is 18.6 Å². The molecule has 0 fully saturated rings. The highest BCUT2D eigenvalue weighted by Crippen LogP contribution is 2.36. The highest BCUT2D eigenvalue weighted by Gasteiger charge is 2.27. The lowest BCUT2D eigenvalue weighted by Gasteiger charge is -2.01. The summed E-state index contributed by atoms with van der Waals surface area (Å²) in [5.74, 6) is -3.85. The van der Waals surface area contributed by atoms with Crippen LogP contribution in [0.4, 0.5) is 13.2 Å². The minimum absolute atomic E-state index is 0.230. The van der Waals surface area contributed by atoms with Crippen LogP contribution in [-0.4, -0.2) is 22.3 Å². The molecule has 0 unspecified atom stereocenters. The zero-order valence-corrected chi connectivity index (χ0v) is 13.2. The molecule has 0 aliphatic heterocycles. The molecule has 5 nitrogen and oxygen atoms in total. The molecule has 130 valence electrons. The second-order valence-corrected chi connectivity index (χ2v) is 5.74. The molecule has 1 aromatic heterocycles. The van der Waals surface area contributed by atoms with Crippen LogP contribution in [-0.2, 0) is 6.42 Å². The largest absolute Gasteiger partial charge is 0.289 e. The number of fused-ring (bicyclic) bond motifs is 3. The molecule has 2 aromatic carbocycles. The lowest BCUT2D eigenvalue weighted by atomic mass is 10.1. The molecule has 4 rings (SSSR count). The van der Waals surface area contributed by atoms with Crippen LogP contribution in [0.1, 0.15) is 27.2 Å². The first-order valence-corrected chi connectivity index (χ1v) is 7.68. The third-order valence-electron chi connectivity index (χ3n) is 4.14. The average Bonchev–Trinajstić information content (AvgIpc) is 3.16. The average molecular weight is 356 g/mol. The first-order valence-electron chi connectivity index (χ1n) is 7.68. The van der Waals surface area contributed by atoms with Gasteiger partial charge in [0.2, 0.25) is 0 Å². The topological polar surface area (TPSA) is 70.1 Å². The van der Waals surface area contributed by atoms with Crippen LogP contribution in [0.3, 0.4) is 0 Å². The predicted octanol–water partition coefficient (Wildman–Crippen LogP) is 3.16. The fourth-order valence-electron chi connectivity index (χ4n) is 2.93. The van der Waals surface area contributed by atoms with Gasteiger partial charge in [0.1, 0.15) is 23.1 Å². The maximum Gasteiger partial charge on any atom is 0.289 e. The Hall–Kier alpha value is -3.42. The van der Waals surface area contributed by atoms with E-state index >= 15 is 0 Å². The van der Waals surface area contributed by atoms with E-state index in [9.17, 15) is 18.0 Å². The number of benzene rings is 2. The van der Waals surface area contributed by atoms with Gasteiger partial charge in [0, 0.05) is 29.7 Å². The van der Waals surface area contributed by atoms with Crippen molar-refractivity contribution in [1.29, 1.82) is 0 Å².